The van der Waals surface area contributed by atoms with E-state index in [4.69, 9.17) is 17.3 Å². The van der Waals surface area contributed by atoms with E-state index in [0.717, 1.165) is 11.1 Å². The summed E-state index contributed by atoms with van der Waals surface area (Å²) in [6.07, 6.45) is 0. The van der Waals surface area contributed by atoms with E-state index >= 15 is 0 Å². The Morgan fingerprint density at radius 3 is 2.42 bits per heavy atom. The Hall–Kier alpha value is -1.40. The lowest BCUT2D eigenvalue weighted by molar-refractivity contribution is 0.212. The molecule has 0 spiro atoms. The van der Waals surface area contributed by atoms with Crippen LogP contribution >= 0.6 is 11.6 Å². The van der Waals surface area contributed by atoms with Gasteiger partial charge in [-0.05, 0) is 36.8 Å². The Morgan fingerprint density at radius 1 is 1.21 bits per heavy atom. The van der Waals surface area contributed by atoms with Crippen molar-refractivity contribution >= 4 is 21.4 Å². The zero-order chi connectivity index (χ0) is 17.5. The van der Waals surface area contributed by atoms with Crippen LogP contribution in [-0.4, -0.2) is 31.9 Å². The molecule has 0 radical (unpaired) electrons. The fourth-order valence-corrected chi connectivity index (χ4v) is 6.17. The summed E-state index contributed by atoms with van der Waals surface area (Å²) in [5.41, 5.74) is 6.79. The minimum absolute atomic E-state index is 0.0937. The second-order valence-corrected chi connectivity index (χ2v) is 8.91. The number of hydrogen-bond acceptors (Lipinski definition) is 4. The summed E-state index contributed by atoms with van der Waals surface area (Å²) in [4.78, 5) is 0.258. The molecule has 1 aliphatic carbocycles. The summed E-state index contributed by atoms with van der Waals surface area (Å²) < 4.78 is 26.2. The average molecular weight is 366 g/mol. The molecule has 0 heterocycles. The van der Waals surface area contributed by atoms with Gasteiger partial charge in [-0.2, -0.15) is 0 Å². The highest BCUT2D eigenvalue weighted by atomic mass is 35.5. The Balaban J connectivity index is 2.06. The smallest absolute Gasteiger partial charge is 0.182 e. The molecule has 1 fully saturated rings. The summed E-state index contributed by atoms with van der Waals surface area (Å²) in [6.45, 7) is 1.72. The predicted molar refractivity (Wildman–Crippen MR) is 94.9 cm³/mol. The molecule has 1 aliphatic rings. The first-order valence-corrected chi connectivity index (χ1v) is 9.66. The van der Waals surface area contributed by atoms with E-state index in [-0.39, 0.29) is 24.0 Å². The van der Waals surface area contributed by atoms with Crippen LogP contribution in [0.4, 0.5) is 0 Å². The van der Waals surface area contributed by atoms with Gasteiger partial charge in [0.05, 0.1) is 16.8 Å². The standard InChI is InChI=1S/C18H20ClNO3S/c1-12-5-7-15(8-6-12)24(22,23)17-16(18(17,10-20)11-21)13-3-2-4-14(19)9-13/h2-9,16-17,21H,10-11,20H2,1H3/t16-,17+,18-/m1/s1. The Morgan fingerprint density at radius 2 is 1.88 bits per heavy atom. The van der Waals surface area contributed by atoms with Crippen molar-refractivity contribution in [2.45, 2.75) is 23.0 Å². The van der Waals surface area contributed by atoms with Gasteiger partial charge in [0.15, 0.2) is 9.84 Å². The number of aryl methyl sites for hydroxylation is 1. The number of aliphatic hydroxyl groups is 1. The molecule has 3 atom stereocenters. The van der Waals surface area contributed by atoms with Crippen LogP contribution in [0.25, 0.3) is 0 Å². The number of nitrogens with two attached hydrogens (primary N) is 1. The predicted octanol–water partition coefficient (Wildman–Crippen LogP) is 2.53. The molecule has 0 unspecified atom stereocenters. The normalized spacial score (nSPS) is 26.3. The summed E-state index contributed by atoms with van der Waals surface area (Å²) in [5.74, 6) is -0.363. The molecule has 0 aromatic heterocycles. The highest BCUT2D eigenvalue weighted by Gasteiger charge is 2.70. The van der Waals surface area contributed by atoms with Crippen molar-refractivity contribution < 1.29 is 13.5 Å². The number of hydrogen-bond donors (Lipinski definition) is 2. The van der Waals surface area contributed by atoms with Crippen LogP contribution in [0.1, 0.15) is 17.0 Å². The molecule has 0 amide bonds. The van der Waals surface area contributed by atoms with Gasteiger partial charge < -0.3 is 10.8 Å². The number of halogens is 1. The lowest BCUT2D eigenvalue weighted by Crippen LogP contribution is -2.27. The van der Waals surface area contributed by atoms with E-state index in [1.54, 1.807) is 42.5 Å². The van der Waals surface area contributed by atoms with Gasteiger partial charge in [0.25, 0.3) is 0 Å². The van der Waals surface area contributed by atoms with E-state index in [0.29, 0.717) is 5.02 Å². The second-order valence-electron chi connectivity index (χ2n) is 6.41. The van der Waals surface area contributed by atoms with Gasteiger partial charge in [-0.3, -0.25) is 0 Å². The van der Waals surface area contributed by atoms with Crippen LogP contribution in [-0.2, 0) is 9.84 Å². The topological polar surface area (TPSA) is 80.4 Å². The van der Waals surface area contributed by atoms with Gasteiger partial charge >= 0.3 is 0 Å². The molecule has 128 valence electrons. The van der Waals surface area contributed by atoms with E-state index < -0.39 is 20.5 Å². The Bertz CT molecular complexity index is 845. The van der Waals surface area contributed by atoms with E-state index in [1.165, 1.54) is 0 Å². The van der Waals surface area contributed by atoms with Crippen molar-refractivity contribution in [1.82, 2.24) is 0 Å². The van der Waals surface area contributed by atoms with Gasteiger partial charge in [-0.25, -0.2) is 8.42 Å². The summed E-state index contributed by atoms with van der Waals surface area (Å²) in [5, 5.41) is 9.69. The first-order valence-electron chi connectivity index (χ1n) is 7.74. The average Bonchev–Trinajstić information content (AvgIpc) is 3.26. The van der Waals surface area contributed by atoms with Crippen molar-refractivity contribution in [1.29, 1.82) is 0 Å². The van der Waals surface area contributed by atoms with E-state index in [1.807, 2.05) is 13.0 Å². The minimum atomic E-state index is -3.61. The van der Waals surface area contributed by atoms with Crippen LogP contribution in [0, 0.1) is 12.3 Å². The molecule has 6 heteroatoms. The maximum Gasteiger partial charge on any atom is 0.182 e. The number of rotatable bonds is 5. The van der Waals surface area contributed by atoms with Crippen LogP contribution in [0.2, 0.25) is 5.02 Å². The van der Waals surface area contributed by atoms with Crippen molar-refractivity contribution in [2.75, 3.05) is 13.2 Å². The first kappa shape index (κ1) is 17.4. The zero-order valence-electron chi connectivity index (χ0n) is 13.3. The number of sulfone groups is 1. The summed E-state index contributed by atoms with van der Waals surface area (Å²) >= 11 is 6.05. The van der Waals surface area contributed by atoms with Crippen molar-refractivity contribution in [3.05, 3.63) is 64.7 Å². The fourth-order valence-electron chi connectivity index (χ4n) is 3.52. The third kappa shape index (κ3) is 2.65. The molecule has 1 saturated carbocycles. The Labute approximate surface area is 147 Å². The molecule has 0 aliphatic heterocycles. The van der Waals surface area contributed by atoms with Gasteiger partial charge in [-0.1, -0.05) is 41.4 Å². The molecular weight excluding hydrogens is 346 g/mol. The lowest BCUT2D eigenvalue weighted by Gasteiger charge is -2.12. The molecule has 0 bridgehead atoms. The first-order chi connectivity index (χ1) is 11.4. The maximum atomic E-state index is 13.1. The molecule has 3 N–H and O–H groups in total. The third-order valence-electron chi connectivity index (χ3n) is 4.95. The Kier molecular flexibility index (Phi) is 4.47. The van der Waals surface area contributed by atoms with E-state index in [9.17, 15) is 13.5 Å². The number of aliphatic hydroxyl groups excluding tert-OH is 1. The molecular formula is C18H20ClNO3S. The summed E-state index contributed by atoms with van der Waals surface area (Å²) in [7, 11) is -3.61. The van der Waals surface area contributed by atoms with Crippen LogP contribution < -0.4 is 5.73 Å². The fraction of sp³-hybridized carbons (Fsp3) is 0.333. The lowest BCUT2D eigenvalue weighted by atomic mass is 10.0. The van der Waals surface area contributed by atoms with Crippen molar-refractivity contribution in [3.63, 3.8) is 0 Å². The van der Waals surface area contributed by atoms with Gasteiger partial charge in [0.1, 0.15) is 0 Å². The monoisotopic (exact) mass is 365 g/mol. The molecule has 2 aromatic rings. The highest BCUT2D eigenvalue weighted by molar-refractivity contribution is 7.92. The highest BCUT2D eigenvalue weighted by Crippen LogP contribution is 2.63. The van der Waals surface area contributed by atoms with Crippen molar-refractivity contribution in [3.8, 4) is 0 Å². The zero-order valence-corrected chi connectivity index (χ0v) is 14.9. The van der Waals surface area contributed by atoms with Crippen LogP contribution in [0.3, 0.4) is 0 Å². The largest absolute Gasteiger partial charge is 0.396 e. The quantitative estimate of drug-likeness (QED) is 0.853. The number of benzene rings is 2. The molecule has 3 rings (SSSR count). The van der Waals surface area contributed by atoms with Gasteiger partial charge in [0, 0.05) is 22.9 Å². The summed E-state index contributed by atoms with van der Waals surface area (Å²) in [6, 6.07) is 13.9. The van der Waals surface area contributed by atoms with Gasteiger partial charge in [0.2, 0.25) is 0 Å². The molecule has 2 aromatic carbocycles. The molecule has 24 heavy (non-hydrogen) atoms. The van der Waals surface area contributed by atoms with Crippen molar-refractivity contribution in [2.24, 2.45) is 11.1 Å². The van der Waals surface area contributed by atoms with Crippen LogP contribution in [0.5, 0.6) is 0 Å². The maximum absolute atomic E-state index is 13.1. The molecule has 0 saturated heterocycles. The molecule has 4 nitrogen and oxygen atoms in total. The van der Waals surface area contributed by atoms with Crippen LogP contribution in [0.15, 0.2) is 53.4 Å². The SMILES string of the molecule is Cc1ccc(S(=O)(=O)[C@H]2[C@@H](c3cccc(Cl)c3)[C@@]2(CN)CO)cc1. The third-order valence-corrected chi connectivity index (χ3v) is 7.52. The van der Waals surface area contributed by atoms with Gasteiger partial charge in [-0.15, -0.1) is 0 Å². The minimum Gasteiger partial charge on any atom is -0.396 e. The van der Waals surface area contributed by atoms with E-state index in [2.05, 4.69) is 0 Å². The second kappa shape index (κ2) is 6.15.